The summed E-state index contributed by atoms with van der Waals surface area (Å²) in [5, 5.41) is 2.83. The molecule has 13 heteroatoms. The molecule has 3 rings (SSSR count). The molecule has 0 saturated carbocycles. The predicted molar refractivity (Wildman–Crippen MR) is 156 cm³/mol. The average Bonchev–Trinajstić information content (AvgIpc) is 3.50. The van der Waals surface area contributed by atoms with Crippen LogP contribution in [0, 0.1) is 23.0 Å². The molecule has 0 radical (unpaired) electrons. The summed E-state index contributed by atoms with van der Waals surface area (Å²) < 4.78 is 38.4. The summed E-state index contributed by atoms with van der Waals surface area (Å²) in [7, 11) is 1.44. The molecule has 244 valence electrons. The maximum Gasteiger partial charge on any atom is 0.410 e. The van der Waals surface area contributed by atoms with Crippen molar-refractivity contribution in [1.82, 2.24) is 20.0 Å². The number of hydrogen-bond acceptors (Lipinski definition) is 7. The number of benzene rings is 1. The predicted octanol–water partition coefficient (Wildman–Crippen LogP) is 3.15. The zero-order valence-electron chi connectivity index (χ0n) is 26.9. The van der Waals surface area contributed by atoms with Crippen LogP contribution >= 0.6 is 0 Å². The maximum absolute atomic E-state index is 14.2. The second kappa shape index (κ2) is 13.1. The number of nitrogens with one attached hydrogen (secondary N) is 1. The Labute approximate surface area is 257 Å². The van der Waals surface area contributed by atoms with Crippen molar-refractivity contribution in [3.63, 3.8) is 0 Å². The van der Waals surface area contributed by atoms with Gasteiger partial charge in [0.25, 0.3) is 5.91 Å². The molecule has 5 atom stereocenters. The molecule has 0 unspecified atom stereocenters. The van der Waals surface area contributed by atoms with Gasteiger partial charge in [0.15, 0.2) is 11.6 Å². The van der Waals surface area contributed by atoms with E-state index in [-0.39, 0.29) is 31.4 Å². The number of hydrogen-bond donors (Lipinski definition) is 1. The second-order valence-corrected chi connectivity index (χ2v) is 13.6. The van der Waals surface area contributed by atoms with E-state index in [2.05, 4.69) is 5.32 Å². The van der Waals surface area contributed by atoms with E-state index in [1.54, 1.807) is 46.4 Å². The quantitative estimate of drug-likeness (QED) is 0.442. The molecule has 11 nitrogen and oxygen atoms in total. The van der Waals surface area contributed by atoms with Crippen LogP contribution in [0.25, 0.3) is 0 Å². The van der Waals surface area contributed by atoms with E-state index in [1.807, 2.05) is 0 Å². The Morgan fingerprint density at radius 2 is 1.68 bits per heavy atom. The molecule has 0 aromatic heterocycles. The Bertz CT molecular complexity index is 1290. The third-order valence-electron chi connectivity index (χ3n) is 7.98. The molecule has 2 heterocycles. The first kappa shape index (κ1) is 34.7. The van der Waals surface area contributed by atoms with Gasteiger partial charge in [0.05, 0.1) is 18.7 Å². The molecule has 0 aliphatic carbocycles. The second-order valence-electron chi connectivity index (χ2n) is 13.6. The normalized spacial score (nSPS) is 21.3. The largest absolute Gasteiger partial charge is 0.493 e. The third-order valence-corrected chi connectivity index (χ3v) is 7.98. The van der Waals surface area contributed by atoms with Gasteiger partial charge in [-0.05, 0) is 51.7 Å². The Balaban J connectivity index is 1.84. The number of likely N-dealkylation sites (tertiary alicyclic amines) is 2. The lowest BCUT2D eigenvalue weighted by atomic mass is 9.85. The number of likely N-dealkylation sites (N-methyl/N-ethyl adjacent to an activating group) is 1. The van der Waals surface area contributed by atoms with Crippen molar-refractivity contribution in [3.8, 4) is 5.75 Å². The van der Waals surface area contributed by atoms with Crippen LogP contribution in [0.4, 0.5) is 13.6 Å². The lowest BCUT2D eigenvalue weighted by molar-refractivity contribution is -0.144. The van der Waals surface area contributed by atoms with Gasteiger partial charge in [-0.3, -0.25) is 24.1 Å². The van der Waals surface area contributed by atoms with Crippen molar-refractivity contribution in [3.05, 3.63) is 29.8 Å². The highest BCUT2D eigenvalue weighted by atomic mass is 19.2. The molecule has 2 aliphatic heterocycles. The van der Waals surface area contributed by atoms with E-state index >= 15 is 0 Å². The van der Waals surface area contributed by atoms with Gasteiger partial charge in [0.1, 0.15) is 23.4 Å². The van der Waals surface area contributed by atoms with Crippen LogP contribution in [0.1, 0.15) is 61.8 Å². The highest BCUT2D eigenvalue weighted by Crippen LogP contribution is 2.38. The van der Waals surface area contributed by atoms with Crippen LogP contribution in [-0.4, -0.2) is 101 Å². The van der Waals surface area contributed by atoms with Gasteiger partial charge >= 0.3 is 6.09 Å². The summed E-state index contributed by atoms with van der Waals surface area (Å²) >= 11 is 0. The fourth-order valence-electron chi connectivity index (χ4n) is 5.56. The number of nitrogens with zero attached hydrogens (tertiary/aromatic N) is 3. The van der Waals surface area contributed by atoms with Gasteiger partial charge in [-0.1, -0.05) is 20.8 Å². The van der Waals surface area contributed by atoms with Crippen molar-refractivity contribution < 1.29 is 42.2 Å². The lowest BCUT2D eigenvalue weighted by Crippen LogP contribution is -2.60. The third kappa shape index (κ3) is 7.84. The van der Waals surface area contributed by atoms with Gasteiger partial charge in [0, 0.05) is 39.0 Å². The standard InChI is InChI=1S/C31H44F2N4O7/c1-17(35(9)29(42)44-31(6,7)8)26(39)34-25(30(3,4)5)28(41)36-13-12-23-24(36)19(15-37(23)27(40)18(2)38)16-43-20-10-11-21(32)22(33)14-20/h10-11,14,17,19,23-25H,12-13,15-16H2,1-9H3,(H,34,39)/t17-,19+,23+,24+,25+/m0/s1. The first-order valence-corrected chi connectivity index (χ1v) is 14.7. The van der Waals surface area contributed by atoms with E-state index in [1.165, 1.54) is 31.9 Å². The summed E-state index contributed by atoms with van der Waals surface area (Å²) in [5.74, 6) is -4.74. The van der Waals surface area contributed by atoms with Gasteiger partial charge in [0.2, 0.25) is 17.6 Å². The molecule has 1 aromatic carbocycles. The van der Waals surface area contributed by atoms with E-state index in [0.717, 1.165) is 17.0 Å². The van der Waals surface area contributed by atoms with Gasteiger partial charge < -0.3 is 24.6 Å². The highest BCUT2D eigenvalue weighted by molar-refractivity contribution is 6.35. The molecule has 2 aliphatic rings. The first-order valence-electron chi connectivity index (χ1n) is 14.7. The average molecular weight is 623 g/mol. The number of Topliss-reactive ketones (excluding diaryl/α,β-unsaturated/α-hetero) is 1. The van der Waals surface area contributed by atoms with Gasteiger partial charge in [-0.25, -0.2) is 13.6 Å². The number of ether oxygens (including phenoxy) is 2. The summed E-state index contributed by atoms with van der Waals surface area (Å²) in [4.78, 5) is 69.2. The van der Waals surface area contributed by atoms with Crippen LogP contribution in [-0.2, 0) is 23.9 Å². The Kier molecular flexibility index (Phi) is 10.3. The molecule has 1 N–H and O–H groups in total. The lowest BCUT2D eigenvalue weighted by Gasteiger charge is -2.38. The number of carbonyl (C=O) groups is 5. The monoisotopic (exact) mass is 622 g/mol. The Hall–Kier alpha value is -3.77. The fourth-order valence-corrected chi connectivity index (χ4v) is 5.56. The smallest absolute Gasteiger partial charge is 0.410 e. The molecule has 44 heavy (non-hydrogen) atoms. The Morgan fingerprint density at radius 1 is 1.05 bits per heavy atom. The minimum absolute atomic E-state index is 0.0397. The minimum Gasteiger partial charge on any atom is -0.493 e. The van der Waals surface area contributed by atoms with Gasteiger partial charge in [-0.15, -0.1) is 0 Å². The van der Waals surface area contributed by atoms with Crippen LogP contribution in [0.15, 0.2) is 18.2 Å². The molecular formula is C31H44F2N4O7. The zero-order valence-corrected chi connectivity index (χ0v) is 26.9. The number of amides is 4. The number of rotatable bonds is 8. The van der Waals surface area contributed by atoms with E-state index in [9.17, 15) is 32.8 Å². The zero-order chi connectivity index (χ0) is 33.3. The maximum atomic E-state index is 14.2. The Morgan fingerprint density at radius 3 is 2.23 bits per heavy atom. The molecule has 0 spiro atoms. The molecule has 2 fully saturated rings. The van der Waals surface area contributed by atoms with E-state index in [0.29, 0.717) is 6.42 Å². The van der Waals surface area contributed by atoms with Crippen molar-refractivity contribution in [2.45, 2.75) is 91.6 Å². The summed E-state index contributed by atoms with van der Waals surface area (Å²) in [6.07, 6.45) is -0.286. The molecule has 2 saturated heterocycles. The van der Waals surface area contributed by atoms with Crippen molar-refractivity contribution >= 4 is 29.6 Å². The number of fused-ring (bicyclic) bond motifs is 1. The van der Waals surface area contributed by atoms with E-state index in [4.69, 9.17) is 9.47 Å². The van der Waals surface area contributed by atoms with Crippen LogP contribution < -0.4 is 10.1 Å². The van der Waals surface area contributed by atoms with Crippen LogP contribution in [0.5, 0.6) is 5.75 Å². The molecule has 1 aromatic rings. The van der Waals surface area contributed by atoms with Crippen LogP contribution in [0.2, 0.25) is 0 Å². The molecule has 4 amide bonds. The molecule has 0 bridgehead atoms. The minimum atomic E-state index is -1.08. The van der Waals surface area contributed by atoms with Crippen molar-refractivity contribution in [1.29, 1.82) is 0 Å². The highest BCUT2D eigenvalue weighted by Gasteiger charge is 2.54. The van der Waals surface area contributed by atoms with Crippen molar-refractivity contribution in [2.24, 2.45) is 11.3 Å². The summed E-state index contributed by atoms with van der Waals surface area (Å²) in [6.45, 7) is 13.6. The number of carbonyl (C=O) groups excluding carboxylic acids is 5. The van der Waals surface area contributed by atoms with Crippen molar-refractivity contribution in [2.75, 3.05) is 26.7 Å². The first-order chi connectivity index (χ1) is 20.2. The number of halogens is 2. The SMILES string of the molecule is CC(=O)C(=O)N1C[C@H](COc2ccc(F)c(F)c2)[C@@H]2[C@H]1CCN2C(=O)[C@@H](NC(=O)[C@H](C)N(C)C(=O)OC(C)(C)C)C(C)(C)C. The molecular weight excluding hydrogens is 578 g/mol. The summed E-state index contributed by atoms with van der Waals surface area (Å²) in [6, 6.07) is 0.147. The van der Waals surface area contributed by atoms with Gasteiger partial charge in [-0.2, -0.15) is 0 Å². The fraction of sp³-hybridized carbons (Fsp3) is 0.645. The topological polar surface area (TPSA) is 126 Å². The van der Waals surface area contributed by atoms with E-state index < -0.39 is 76.4 Å². The number of ketones is 1. The van der Waals surface area contributed by atoms with Crippen LogP contribution in [0.3, 0.4) is 0 Å². The summed E-state index contributed by atoms with van der Waals surface area (Å²) in [5.41, 5.74) is -1.51.